The van der Waals surface area contributed by atoms with Gasteiger partial charge in [-0.1, -0.05) is 30.0 Å². The molecular formula is C16H21NO. The molecule has 0 unspecified atom stereocenters. The highest BCUT2D eigenvalue weighted by molar-refractivity contribution is 5.33. The van der Waals surface area contributed by atoms with Crippen LogP contribution in [0.25, 0.3) is 0 Å². The predicted octanol–water partition coefficient (Wildman–Crippen LogP) is 2.59. The Morgan fingerprint density at radius 2 is 1.89 bits per heavy atom. The van der Waals surface area contributed by atoms with Crippen LogP contribution in [0.1, 0.15) is 31.2 Å². The topological polar surface area (TPSA) is 21.3 Å². The molecule has 18 heavy (non-hydrogen) atoms. The molecule has 0 heterocycles. The molecule has 1 N–H and O–H groups in total. The Hall–Kier alpha value is -1.30. The van der Waals surface area contributed by atoms with Gasteiger partial charge in [-0.15, -0.1) is 0 Å². The normalized spacial score (nSPS) is 23.2. The van der Waals surface area contributed by atoms with Crippen molar-refractivity contribution in [2.45, 2.75) is 37.8 Å². The first-order valence-corrected chi connectivity index (χ1v) is 6.71. The van der Waals surface area contributed by atoms with Gasteiger partial charge in [0, 0.05) is 11.6 Å². The lowest BCUT2D eigenvalue weighted by Crippen LogP contribution is -2.33. The van der Waals surface area contributed by atoms with Crippen molar-refractivity contribution in [2.75, 3.05) is 13.7 Å². The van der Waals surface area contributed by atoms with Gasteiger partial charge in [0.2, 0.25) is 0 Å². The summed E-state index contributed by atoms with van der Waals surface area (Å²) < 4.78 is 5.80. The van der Waals surface area contributed by atoms with Crippen molar-refractivity contribution >= 4 is 0 Å². The van der Waals surface area contributed by atoms with E-state index >= 15 is 0 Å². The van der Waals surface area contributed by atoms with E-state index in [9.17, 15) is 0 Å². The molecule has 0 bridgehead atoms. The summed E-state index contributed by atoms with van der Waals surface area (Å²) >= 11 is 0. The van der Waals surface area contributed by atoms with Crippen molar-refractivity contribution in [3.63, 3.8) is 0 Å². The van der Waals surface area contributed by atoms with E-state index in [-0.39, 0.29) is 0 Å². The third kappa shape index (κ3) is 4.18. The average molecular weight is 243 g/mol. The Bertz CT molecular complexity index is 396. The average Bonchev–Trinajstić information content (AvgIpc) is 2.45. The Morgan fingerprint density at radius 3 is 2.56 bits per heavy atom. The fraction of sp³-hybridized carbons (Fsp3) is 0.500. The van der Waals surface area contributed by atoms with Gasteiger partial charge in [0.15, 0.2) is 0 Å². The number of hydrogen-bond acceptors (Lipinski definition) is 2. The van der Waals surface area contributed by atoms with Crippen LogP contribution < -0.4 is 5.32 Å². The molecule has 0 spiro atoms. The Kier molecular flexibility index (Phi) is 5.26. The van der Waals surface area contributed by atoms with Crippen LogP contribution in [0.3, 0.4) is 0 Å². The quantitative estimate of drug-likeness (QED) is 0.824. The summed E-state index contributed by atoms with van der Waals surface area (Å²) in [6.45, 7) is 0.545. The summed E-state index contributed by atoms with van der Waals surface area (Å²) in [5, 5.41) is 3.33. The molecule has 0 saturated heterocycles. The molecule has 1 aromatic carbocycles. The van der Waals surface area contributed by atoms with Crippen LogP contribution >= 0.6 is 0 Å². The largest absolute Gasteiger partial charge is 0.366 e. The van der Waals surface area contributed by atoms with Gasteiger partial charge in [-0.25, -0.2) is 0 Å². The maximum Gasteiger partial charge on any atom is 0.108 e. The van der Waals surface area contributed by atoms with Gasteiger partial charge in [-0.2, -0.15) is 0 Å². The second-order valence-corrected chi connectivity index (χ2v) is 4.74. The minimum absolute atomic E-state index is 0.402. The number of ether oxygens (including phenoxy) is 1. The standard InChI is InChI=1S/C16H21NO/c1-17-15-9-11-16(12-10-15)18-13-5-8-14-6-3-2-4-7-14/h2-4,6-7,15-17H,9-13H2,1H3. The molecule has 96 valence electrons. The lowest BCUT2D eigenvalue weighted by molar-refractivity contribution is 0.0433. The third-order valence-corrected chi connectivity index (χ3v) is 3.48. The fourth-order valence-corrected chi connectivity index (χ4v) is 2.34. The number of hydrogen-bond donors (Lipinski definition) is 1. The monoisotopic (exact) mass is 243 g/mol. The third-order valence-electron chi connectivity index (χ3n) is 3.48. The van der Waals surface area contributed by atoms with Crippen LogP contribution in [-0.2, 0) is 4.74 Å². The van der Waals surface area contributed by atoms with Gasteiger partial charge in [0.1, 0.15) is 6.61 Å². The molecule has 1 aliphatic carbocycles. The lowest BCUT2D eigenvalue weighted by Gasteiger charge is -2.27. The molecule has 0 aliphatic heterocycles. The van der Waals surface area contributed by atoms with E-state index in [1.165, 1.54) is 12.8 Å². The molecule has 0 amide bonds. The summed E-state index contributed by atoms with van der Waals surface area (Å²) in [6, 6.07) is 10.7. The molecule has 1 fully saturated rings. The van der Waals surface area contributed by atoms with Crippen LogP contribution in [-0.4, -0.2) is 25.8 Å². The van der Waals surface area contributed by atoms with Gasteiger partial charge in [-0.05, 0) is 44.9 Å². The van der Waals surface area contributed by atoms with Gasteiger partial charge in [0.05, 0.1) is 6.10 Å². The van der Waals surface area contributed by atoms with E-state index in [2.05, 4.69) is 17.2 Å². The number of rotatable bonds is 3. The maximum atomic E-state index is 5.80. The first-order valence-electron chi connectivity index (χ1n) is 6.71. The second kappa shape index (κ2) is 7.20. The summed E-state index contributed by atoms with van der Waals surface area (Å²) in [4.78, 5) is 0. The smallest absolute Gasteiger partial charge is 0.108 e. The lowest BCUT2D eigenvalue weighted by atomic mass is 9.93. The Morgan fingerprint density at radius 1 is 1.17 bits per heavy atom. The molecule has 1 saturated carbocycles. The van der Waals surface area contributed by atoms with E-state index in [1.807, 2.05) is 37.4 Å². The summed E-state index contributed by atoms with van der Waals surface area (Å²) in [7, 11) is 2.04. The van der Waals surface area contributed by atoms with Gasteiger partial charge >= 0.3 is 0 Å². The van der Waals surface area contributed by atoms with E-state index in [0.29, 0.717) is 18.8 Å². The zero-order chi connectivity index (χ0) is 12.6. The van der Waals surface area contributed by atoms with Crippen molar-refractivity contribution in [3.05, 3.63) is 35.9 Å². The molecular weight excluding hydrogens is 222 g/mol. The molecule has 1 aromatic rings. The van der Waals surface area contributed by atoms with Crippen molar-refractivity contribution in [3.8, 4) is 11.8 Å². The summed E-state index contributed by atoms with van der Waals surface area (Å²) in [5.74, 6) is 6.20. The second-order valence-electron chi connectivity index (χ2n) is 4.74. The van der Waals surface area contributed by atoms with Crippen molar-refractivity contribution < 1.29 is 4.74 Å². The minimum Gasteiger partial charge on any atom is -0.366 e. The van der Waals surface area contributed by atoms with Crippen LogP contribution in [0.15, 0.2) is 30.3 Å². The highest BCUT2D eigenvalue weighted by Gasteiger charge is 2.19. The van der Waals surface area contributed by atoms with E-state index in [1.54, 1.807) is 0 Å². The van der Waals surface area contributed by atoms with Crippen LogP contribution in [0, 0.1) is 11.8 Å². The van der Waals surface area contributed by atoms with Crippen LogP contribution in [0.5, 0.6) is 0 Å². The number of nitrogens with one attached hydrogen (secondary N) is 1. The molecule has 1 aliphatic rings. The fourth-order valence-electron chi connectivity index (χ4n) is 2.34. The highest BCUT2D eigenvalue weighted by atomic mass is 16.5. The zero-order valence-electron chi connectivity index (χ0n) is 11.0. The first-order chi connectivity index (χ1) is 8.88. The Balaban J connectivity index is 1.69. The van der Waals surface area contributed by atoms with Gasteiger partial charge in [0.25, 0.3) is 0 Å². The summed E-state index contributed by atoms with van der Waals surface area (Å²) in [5.41, 5.74) is 1.06. The summed E-state index contributed by atoms with van der Waals surface area (Å²) in [6.07, 6.45) is 5.14. The maximum absolute atomic E-state index is 5.80. The van der Waals surface area contributed by atoms with Gasteiger partial charge in [-0.3, -0.25) is 0 Å². The molecule has 2 nitrogen and oxygen atoms in total. The van der Waals surface area contributed by atoms with Crippen molar-refractivity contribution in [1.29, 1.82) is 0 Å². The van der Waals surface area contributed by atoms with Crippen LogP contribution in [0.2, 0.25) is 0 Å². The molecule has 0 radical (unpaired) electrons. The molecule has 0 aromatic heterocycles. The van der Waals surface area contributed by atoms with Crippen LogP contribution in [0.4, 0.5) is 0 Å². The molecule has 2 heteroatoms. The van der Waals surface area contributed by atoms with Crippen molar-refractivity contribution in [2.24, 2.45) is 0 Å². The number of benzene rings is 1. The molecule has 2 rings (SSSR count). The SMILES string of the molecule is CNC1CCC(OCC#Cc2ccccc2)CC1. The highest BCUT2D eigenvalue weighted by Crippen LogP contribution is 2.20. The molecule has 0 atom stereocenters. The predicted molar refractivity (Wildman–Crippen MR) is 74.4 cm³/mol. The van der Waals surface area contributed by atoms with E-state index in [4.69, 9.17) is 4.74 Å². The van der Waals surface area contributed by atoms with Gasteiger partial charge < -0.3 is 10.1 Å². The van der Waals surface area contributed by atoms with E-state index < -0.39 is 0 Å². The first kappa shape index (κ1) is 13.1. The Labute approximate surface area is 110 Å². The van der Waals surface area contributed by atoms with E-state index in [0.717, 1.165) is 18.4 Å². The van der Waals surface area contributed by atoms with Crippen molar-refractivity contribution in [1.82, 2.24) is 5.32 Å². The zero-order valence-corrected chi connectivity index (χ0v) is 11.0. The minimum atomic E-state index is 0.402.